The third kappa shape index (κ3) is 18.2. The first-order chi connectivity index (χ1) is 20.3. The molecule has 1 fully saturated rings. The topological polar surface area (TPSA) is 40.9 Å². The van der Waals surface area contributed by atoms with Crippen molar-refractivity contribution in [3.05, 3.63) is 164 Å². The predicted molar refractivity (Wildman–Crippen MR) is 201 cm³/mol. The van der Waals surface area contributed by atoms with Gasteiger partial charge in [0.1, 0.15) is 6.29 Å². The molecule has 0 heterocycles. The van der Waals surface area contributed by atoms with Gasteiger partial charge in [0.15, 0.2) is 0 Å². The second kappa shape index (κ2) is 25.1. The van der Waals surface area contributed by atoms with Crippen LogP contribution in [-0.4, -0.2) is 22.8 Å². The maximum atomic E-state index is 10.0. The van der Waals surface area contributed by atoms with E-state index >= 15 is 0 Å². The van der Waals surface area contributed by atoms with E-state index in [9.17, 15) is 4.79 Å². The van der Waals surface area contributed by atoms with Gasteiger partial charge in [0, 0.05) is 16.9 Å². The van der Waals surface area contributed by atoms with Crippen LogP contribution in [0.15, 0.2) is 115 Å². The Labute approximate surface area is 300 Å². The van der Waals surface area contributed by atoms with E-state index in [1.165, 1.54) is 45.9 Å². The Morgan fingerprint density at radius 2 is 1.22 bits per heavy atom. The van der Waals surface area contributed by atoms with Gasteiger partial charge < -0.3 is 31.5 Å². The van der Waals surface area contributed by atoms with Crippen LogP contribution in [0.2, 0.25) is 0 Å². The Bertz CT molecular complexity index is 1380. The maximum absolute atomic E-state index is 10.0. The van der Waals surface area contributed by atoms with Crippen molar-refractivity contribution in [1.29, 1.82) is 0 Å². The zero-order valence-corrected chi connectivity index (χ0v) is 31.0. The number of benzene rings is 4. The van der Waals surface area contributed by atoms with Crippen LogP contribution in [0.25, 0.3) is 28.7 Å². The molecule has 4 aromatic rings. The molecular formula is C42H51NOSiTi. The molecule has 4 radical (unpaired) electrons. The molecule has 2 nitrogen and oxygen atoms in total. The second-order valence-corrected chi connectivity index (χ2v) is 11.7. The first-order valence-corrected chi connectivity index (χ1v) is 15.0. The van der Waals surface area contributed by atoms with Crippen molar-refractivity contribution < 1.29 is 26.5 Å². The third-order valence-corrected chi connectivity index (χ3v) is 6.76. The third-order valence-electron chi connectivity index (χ3n) is 6.76. The van der Waals surface area contributed by atoms with Crippen LogP contribution in [0, 0.1) is 26.8 Å². The Morgan fingerprint density at radius 3 is 1.70 bits per heavy atom. The van der Waals surface area contributed by atoms with Crippen molar-refractivity contribution in [3.8, 4) is 0 Å². The molecule has 2 aliphatic rings. The van der Waals surface area contributed by atoms with E-state index < -0.39 is 0 Å². The number of carbonyl (C=O) groups is 1. The normalized spacial score (nSPS) is 13.0. The van der Waals surface area contributed by atoms with E-state index in [1.54, 1.807) is 0 Å². The van der Waals surface area contributed by atoms with Crippen molar-refractivity contribution in [1.82, 2.24) is 0 Å². The van der Waals surface area contributed by atoms with Crippen LogP contribution in [-0.2, 0) is 39.4 Å². The molecule has 1 N–H and O–H groups in total. The van der Waals surface area contributed by atoms with Crippen LogP contribution in [0.5, 0.6) is 0 Å². The molecule has 46 heavy (non-hydrogen) atoms. The molecule has 238 valence electrons. The van der Waals surface area contributed by atoms with Gasteiger partial charge in [0.05, 0.1) is 0 Å². The van der Waals surface area contributed by atoms with E-state index in [1.807, 2.05) is 57.2 Å². The molecule has 4 aromatic carbocycles. The van der Waals surface area contributed by atoms with Crippen molar-refractivity contribution in [2.24, 2.45) is 5.92 Å². The average molecular weight is 662 g/mol. The number of hydrogen-bond donors (Lipinski definition) is 0. The summed E-state index contributed by atoms with van der Waals surface area (Å²) in [6.45, 7) is 5.56. The van der Waals surface area contributed by atoms with Crippen molar-refractivity contribution in [2.75, 3.05) is 0 Å². The Morgan fingerprint density at radius 1 is 0.739 bits per heavy atom. The minimum absolute atomic E-state index is 0. The summed E-state index contributed by atoms with van der Waals surface area (Å²) in [6.07, 6.45) is 21.7. The summed E-state index contributed by atoms with van der Waals surface area (Å²) < 4.78 is 0. The summed E-state index contributed by atoms with van der Waals surface area (Å²) >= 11 is 0. The van der Waals surface area contributed by atoms with Gasteiger partial charge in [-0.2, -0.15) is 6.42 Å². The smallest absolute Gasteiger partial charge is 0.673 e. The number of rotatable bonds is 4. The number of fused-ring (bicyclic) bond motifs is 3. The summed E-state index contributed by atoms with van der Waals surface area (Å²) in [6, 6.07) is 33.6. The van der Waals surface area contributed by atoms with Crippen molar-refractivity contribution >= 4 is 40.2 Å². The van der Waals surface area contributed by atoms with E-state index in [-0.39, 0.29) is 53.1 Å². The SMILES string of the molecule is C(C=Cc1ccccc1)=Cc1ccccc1.CC(C)(C)[NH-].O=CC1CCCC1.[C-]1=CCc2c(ccc3ccccc23)C1.[CH3-].[CH3-].[Si].[Ti+4]. The van der Waals surface area contributed by atoms with Gasteiger partial charge in [-0.25, -0.2) is 0 Å². The molecule has 4 heteroatoms. The second-order valence-electron chi connectivity index (χ2n) is 11.7. The number of aldehydes is 1. The first kappa shape index (κ1) is 45.0. The van der Waals surface area contributed by atoms with Gasteiger partial charge in [-0.05, 0) is 46.7 Å². The molecule has 0 aromatic heterocycles. The molecular weight excluding hydrogens is 610 g/mol. The van der Waals surface area contributed by atoms with Gasteiger partial charge >= 0.3 is 21.7 Å². The van der Waals surface area contributed by atoms with Crippen LogP contribution < -0.4 is 0 Å². The van der Waals surface area contributed by atoms with E-state index in [0.717, 1.165) is 32.0 Å². The molecule has 0 amide bonds. The monoisotopic (exact) mass is 661 g/mol. The Kier molecular flexibility index (Phi) is 24.5. The maximum Gasteiger partial charge on any atom is 4.00 e. The average Bonchev–Trinajstić information content (AvgIpc) is 3.55. The fraction of sp³-hybridized carbons (Fsp3) is 0.262. The minimum Gasteiger partial charge on any atom is -0.673 e. The molecule has 6 rings (SSSR count). The van der Waals surface area contributed by atoms with E-state index in [2.05, 4.69) is 97.1 Å². The predicted octanol–water partition coefficient (Wildman–Crippen LogP) is 11.4. The molecule has 0 unspecified atom stereocenters. The van der Waals surface area contributed by atoms with E-state index in [0.29, 0.717) is 5.92 Å². The van der Waals surface area contributed by atoms with Gasteiger partial charge in [-0.3, -0.25) is 6.08 Å². The van der Waals surface area contributed by atoms with E-state index in [4.69, 9.17) is 5.73 Å². The van der Waals surface area contributed by atoms with Crippen LogP contribution in [0.4, 0.5) is 0 Å². The number of carbonyl (C=O) groups excluding carboxylic acids is 1. The zero-order valence-electron chi connectivity index (χ0n) is 28.4. The van der Waals surface area contributed by atoms with Crippen molar-refractivity contribution in [3.63, 3.8) is 0 Å². The van der Waals surface area contributed by atoms with Crippen LogP contribution in [0.1, 0.15) is 68.7 Å². The molecule has 0 aliphatic heterocycles. The summed E-state index contributed by atoms with van der Waals surface area (Å²) in [4.78, 5) is 10.0. The van der Waals surface area contributed by atoms with Gasteiger partial charge in [-0.15, -0.1) is 5.54 Å². The fourth-order valence-corrected chi connectivity index (χ4v) is 4.70. The fourth-order valence-electron chi connectivity index (χ4n) is 4.70. The molecule has 0 bridgehead atoms. The van der Waals surface area contributed by atoms with Gasteiger partial charge in [0.25, 0.3) is 0 Å². The summed E-state index contributed by atoms with van der Waals surface area (Å²) in [5, 5.41) is 2.75. The van der Waals surface area contributed by atoms with Gasteiger partial charge in [-0.1, -0.05) is 161 Å². The molecule has 0 atom stereocenters. The Balaban J connectivity index is 0. The number of allylic oxidation sites excluding steroid dienone is 4. The molecule has 0 spiro atoms. The molecule has 0 saturated heterocycles. The summed E-state index contributed by atoms with van der Waals surface area (Å²) in [7, 11) is 0. The quantitative estimate of drug-likeness (QED) is 0.0929. The van der Waals surface area contributed by atoms with Crippen LogP contribution in [0.3, 0.4) is 0 Å². The first-order valence-electron chi connectivity index (χ1n) is 15.0. The minimum atomic E-state index is -0.250. The standard InChI is InChI=1S/C16H14.C14H11.C6H10O.C4H10N.2CH3.Si.Ti/c1-3-9-15(10-4-1)13-7-8-14-16-11-5-2-6-12-16;1-3-7-13-11(5-1)9-10-12-6-2-4-8-14(12)13;7-5-6-3-1-2-4-6;1-4(2,3)5;;;;/h1-14H;1,3-5,7,9-10H,6,8H2;5-6H,1-4H2;5H,1-3H3;2*1H3;;/q;-1;;3*-1;;+4. The molecule has 2 aliphatic carbocycles. The van der Waals surface area contributed by atoms with Crippen molar-refractivity contribution in [2.45, 2.75) is 64.8 Å². The van der Waals surface area contributed by atoms with Gasteiger partial charge in [0.2, 0.25) is 0 Å². The molecule has 1 saturated carbocycles. The summed E-state index contributed by atoms with van der Waals surface area (Å²) in [5.41, 5.74) is 12.1. The number of nitrogens with one attached hydrogen (secondary N) is 1. The summed E-state index contributed by atoms with van der Waals surface area (Å²) in [5.74, 6) is 0.417. The zero-order chi connectivity index (χ0) is 30.0. The van der Waals surface area contributed by atoms with Crippen LogP contribution >= 0.6 is 0 Å². The largest absolute Gasteiger partial charge is 4.00 e. The number of hydrogen-bond acceptors (Lipinski definition) is 1. The Hall–Kier alpha value is -3.08.